The molecule has 6 heteroatoms. The van der Waals surface area contributed by atoms with Crippen LogP contribution < -0.4 is 4.90 Å². The molecule has 2 N–H and O–H groups in total. The molecule has 2 unspecified atom stereocenters. The van der Waals surface area contributed by atoms with Crippen molar-refractivity contribution in [2.75, 3.05) is 4.90 Å². The molecule has 0 saturated carbocycles. The smallest absolute Gasteiger partial charge is 0.192 e. The van der Waals surface area contributed by atoms with E-state index < -0.39 is 11.1 Å². The molecule has 2 aromatic carbocycles. The molecule has 30 heavy (non-hydrogen) atoms. The number of ketones is 2. The van der Waals surface area contributed by atoms with Gasteiger partial charge >= 0.3 is 0 Å². The highest BCUT2D eigenvalue weighted by atomic mass is 35.5. The molecule has 1 aromatic heterocycles. The minimum Gasteiger partial charge on any atom is -0.365 e. The molecule has 0 amide bonds. The van der Waals surface area contributed by atoms with Crippen LogP contribution >= 0.6 is 11.6 Å². The van der Waals surface area contributed by atoms with E-state index in [4.69, 9.17) is 11.6 Å². The number of aliphatic hydroxyl groups is 1. The fraction of sp³-hybridized carbons (Fsp3) is 0.167. The van der Waals surface area contributed by atoms with Crippen molar-refractivity contribution in [3.05, 3.63) is 100.0 Å². The third-order valence-electron chi connectivity index (χ3n) is 6.25. The van der Waals surface area contributed by atoms with Gasteiger partial charge in [-0.25, -0.2) is 0 Å². The maximum absolute atomic E-state index is 14.0. The molecule has 5 nitrogen and oxygen atoms in total. The Morgan fingerprint density at radius 1 is 1.07 bits per heavy atom. The quantitative estimate of drug-likeness (QED) is 0.664. The van der Waals surface area contributed by atoms with Gasteiger partial charge in [0, 0.05) is 45.0 Å². The molecule has 0 spiro atoms. The molecule has 2 atom stereocenters. The molecule has 150 valence electrons. The van der Waals surface area contributed by atoms with Crippen LogP contribution in [0.1, 0.15) is 35.5 Å². The Kier molecular flexibility index (Phi) is 3.88. The lowest BCUT2D eigenvalue weighted by atomic mass is 9.69. The van der Waals surface area contributed by atoms with Gasteiger partial charge in [0.25, 0.3) is 0 Å². The summed E-state index contributed by atoms with van der Waals surface area (Å²) in [5.41, 5.74) is -0.619. The first kappa shape index (κ1) is 18.9. The molecular weight excluding hydrogens is 400 g/mol. The van der Waals surface area contributed by atoms with E-state index in [9.17, 15) is 14.7 Å². The molecule has 0 bridgehead atoms. The summed E-state index contributed by atoms with van der Waals surface area (Å²) >= 11 is 6.09. The Morgan fingerprint density at radius 3 is 2.40 bits per heavy atom. The number of hydrogen-bond acceptors (Lipinski definition) is 4. The largest absolute Gasteiger partial charge is 0.365 e. The Morgan fingerprint density at radius 2 is 1.77 bits per heavy atom. The van der Waals surface area contributed by atoms with E-state index in [-0.39, 0.29) is 17.1 Å². The van der Waals surface area contributed by atoms with Gasteiger partial charge < -0.3 is 15.0 Å². The number of nitrogens with one attached hydrogen (secondary N) is 1. The predicted octanol–water partition coefficient (Wildman–Crippen LogP) is 4.33. The van der Waals surface area contributed by atoms with Gasteiger partial charge in [0.15, 0.2) is 22.7 Å². The predicted molar refractivity (Wildman–Crippen MR) is 114 cm³/mol. The number of anilines is 1. The van der Waals surface area contributed by atoms with E-state index in [0.29, 0.717) is 33.2 Å². The molecule has 3 aromatic rings. The zero-order chi connectivity index (χ0) is 21.3. The fourth-order valence-corrected chi connectivity index (χ4v) is 5.37. The standard InChI is InChI=1S/C24H19ClN2O3/c1-14-21(15(2)28)23(20-8-5-13-26-20)22(29)18-6-3-4-7-19(18)24(23,30)27(14)17-11-9-16(25)10-12-17/h3-13,26,30H,1-2H3. The summed E-state index contributed by atoms with van der Waals surface area (Å²) < 4.78 is 0. The molecular formula is C24H19ClN2O3. The maximum atomic E-state index is 14.0. The van der Waals surface area contributed by atoms with Gasteiger partial charge in [-0.15, -0.1) is 0 Å². The minimum absolute atomic E-state index is 0.266. The number of carbonyl (C=O) groups excluding carboxylic acids is 2. The van der Waals surface area contributed by atoms with E-state index in [0.717, 1.165) is 0 Å². The van der Waals surface area contributed by atoms with E-state index in [1.165, 1.54) is 6.92 Å². The monoisotopic (exact) mass is 418 g/mol. The zero-order valence-corrected chi connectivity index (χ0v) is 17.2. The Hall–Kier alpha value is -3.15. The lowest BCUT2D eigenvalue weighted by Crippen LogP contribution is -2.56. The number of H-pyrrole nitrogens is 1. The number of aromatic nitrogens is 1. The van der Waals surface area contributed by atoms with Crippen molar-refractivity contribution in [2.45, 2.75) is 25.0 Å². The number of nitrogens with zero attached hydrogens (tertiary/aromatic N) is 1. The van der Waals surface area contributed by atoms with Crippen LogP contribution in [0.5, 0.6) is 0 Å². The highest BCUT2D eigenvalue weighted by Gasteiger charge is 2.73. The number of hydrogen-bond donors (Lipinski definition) is 2. The molecule has 2 heterocycles. The van der Waals surface area contributed by atoms with Crippen molar-refractivity contribution in [1.82, 2.24) is 4.98 Å². The third kappa shape index (κ3) is 2.01. The summed E-state index contributed by atoms with van der Waals surface area (Å²) in [5, 5.41) is 13.1. The number of aromatic amines is 1. The average molecular weight is 419 g/mol. The number of allylic oxidation sites excluding steroid dienone is 1. The lowest BCUT2D eigenvalue weighted by molar-refractivity contribution is -0.115. The zero-order valence-electron chi connectivity index (χ0n) is 16.4. The van der Waals surface area contributed by atoms with E-state index in [1.807, 2.05) is 0 Å². The maximum Gasteiger partial charge on any atom is 0.192 e. The van der Waals surface area contributed by atoms with E-state index >= 15 is 0 Å². The lowest BCUT2D eigenvalue weighted by Gasteiger charge is -2.42. The second-order valence-electron chi connectivity index (χ2n) is 7.71. The van der Waals surface area contributed by atoms with Crippen molar-refractivity contribution < 1.29 is 14.7 Å². The molecule has 2 aliphatic rings. The molecule has 0 radical (unpaired) electrons. The van der Waals surface area contributed by atoms with Crippen molar-refractivity contribution in [2.24, 2.45) is 0 Å². The summed E-state index contributed by atoms with van der Waals surface area (Å²) in [6.45, 7) is 3.20. The topological polar surface area (TPSA) is 73.4 Å². The molecule has 0 fully saturated rings. The molecule has 1 aliphatic carbocycles. The first-order valence-electron chi connectivity index (χ1n) is 9.63. The summed E-state index contributed by atoms with van der Waals surface area (Å²) in [5.74, 6) is -0.567. The minimum atomic E-state index is -1.82. The van der Waals surface area contributed by atoms with Crippen molar-refractivity contribution in [3.63, 3.8) is 0 Å². The van der Waals surface area contributed by atoms with Gasteiger partial charge in [-0.2, -0.15) is 0 Å². The first-order chi connectivity index (χ1) is 14.3. The van der Waals surface area contributed by atoms with Gasteiger partial charge in [0.05, 0.1) is 0 Å². The highest BCUT2D eigenvalue weighted by molar-refractivity contribution is 6.30. The first-order valence-corrected chi connectivity index (χ1v) is 10.0. The van der Waals surface area contributed by atoms with Gasteiger partial charge in [-0.3, -0.25) is 9.59 Å². The van der Waals surface area contributed by atoms with Crippen LogP contribution in [0.15, 0.2) is 78.1 Å². The summed E-state index contributed by atoms with van der Waals surface area (Å²) in [7, 11) is 0. The van der Waals surface area contributed by atoms with Crippen LogP contribution in [-0.4, -0.2) is 21.7 Å². The van der Waals surface area contributed by atoms with Crippen LogP contribution in [0, 0.1) is 0 Å². The average Bonchev–Trinajstić information content (AvgIpc) is 3.37. The van der Waals surface area contributed by atoms with Gasteiger partial charge in [-0.1, -0.05) is 35.9 Å². The van der Waals surface area contributed by atoms with Crippen molar-refractivity contribution in [3.8, 4) is 0 Å². The van der Waals surface area contributed by atoms with Crippen LogP contribution in [0.3, 0.4) is 0 Å². The number of carbonyl (C=O) groups is 2. The van der Waals surface area contributed by atoms with Gasteiger partial charge in [-0.05, 0) is 50.2 Å². The SMILES string of the molecule is CC(=O)C1=C(C)N(c2ccc(Cl)cc2)C2(O)c3ccccc3C(=O)C12c1ccc[nH]1. The number of fused-ring (bicyclic) bond motifs is 3. The Labute approximate surface area is 178 Å². The number of Topliss-reactive ketones (excluding diaryl/α,β-unsaturated/α-hetero) is 2. The second kappa shape index (κ2) is 6.17. The van der Waals surface area contributed by atoms with Gasteiger partial charge in [0.2, 0.25) is 0 Å². The van der Waals surface area contributed by atoms with E-state index in [2.05, 4.69) is 4.98 Å². The van der Waals surface area contributed by atoms with E-state index in [1.54, 1.807) is 78.7 Å². The molecule has 1 aliphatic heterocycles. The van der Waals surface area contributed by atoms with Crippen LogP contribution in [-0.2, 0) is 15.9 Å². The summed E-state index contributed by atoms with van der Waals surface area (Å²) in [4.78, 5) is 31.8. The number of halogens is 1. The molecule has 5 rings (SSSR count). The summed E-state index contributed by atoms with van der Waals surface area (Å²) in [6, 6.07) is 17.5. The van der Waals surface area contributed by atoms with Crippen molar-refractivity contribution in [1.29, 1.82) is 0 Å². The highest BCUT2D eigenvalue weighted by Crippen LogP contribution is 2.63. The second-order valence-corrected chi connectivity index (χ2v) is 8.15. The van der Waals surface area contributed by atoms with Crippen LogP contribution in [0.25, 0.3) is 0 Å². The van der Waals surface area contributed by atoms with Crippen LogP contribution in [0.2, 0.25) is 5.02 Å². The third-order valence-corrected chi connectivity index (χ3v) is 6.50. The van der Waals surface area contributed by atoms with Crippen molar-refractivity contribution >= 4 is 28.9 Å². The normalized spacial score (nSPS) is 24.9. The number of benzene rings is 2. The number of rotatable bonds is 3. The fourth-order valence-electron chi connectivity index (χ4n) is 5.25. The Balaban J connectivity index is 1.94. The molecule has 0 saturated heterocycles. The Bertz CT molecular complexity index is 1230. The van der Waals surface area contributed by atoms with Crippen LogP contribution in [0.4, 0.5) is 5.69 Å². The van der Waals surface area contributed by atoms with Gasteiger partial charge in [0.1, 0.15) is 0 Å². The summed E-state index contributed by atoms with van der Waals surface area (Å²) in [6.07, 6.45) is 1.69.